The number of hydrogen-bond donors (Lipinski definition) is 1. The van der Waals surface area contributed by atoms with Gasteiger partial charge in [-0.2, -0.15) is 11.8 Å². The molecule has 1 aliphatic heterocycles. The Morgan fingerprint density at radius 3 is 3.16 bits per heavy atom. The number of carbonyl (C=O) groups is 2. The van der Waals surface area contributed by atoms with Crippen molar-refractivity contribution in [1.82, 2.24) is 10.2 Å². The number of amides is 2. The van der Waals surface area contributed by atoms with Gasteiger partial charge in [0.25, 0.3) is 5.24 Å². The molecule has 0 unspecified atom stereocenters. The molecule has 1 aromatic rings. The van der Waals surface area contributed by atoms with Crippen molar-refractivity contribution in [3.05, 3.63) is 24.2 Å². The Morgan fingerprint density at radius 2 is 2.47 bits per heavy atom. The van der Waals surface area contributed by atoms with E-state index in [2.05, 4.69) is 5.32 Å². The third-order valence-corrected chi connectivity index (χ3v) is 4.45. The SMILES string of the molecule is O=C(CN1CCSC1=O)NCCSCc1ccco1. The smallest absolute Gasteiger partial charge is 0.282 e. The van der Waals surface area contributed by atoms with Crippen LogP contribution in [0.3, 0.4) is 0 Å². The highest BCUT2D eigenvalue weighted by atomic mass is 32.2. The summed E-state index contributed by atoms with van der Waals surface area (Å²) >= 11 is 2.97. The highest BCUT2D eigenvalue weighted by Crippen LogP contribution is 2.16. The van der Waals surface area contributed by atoms with Gasteiger partial charge in [0, 0.05) is 24.6 Å². The second-order valence-corrected chi connectivity index (χ2v) is 6.17. The summed E-state index contributed by atoms with van der Waals surface area (Å²) in [6.45, 7) is 1.46. The van der Waals surface area contributed by atoms with Crippen LogP contribution in [-0.4, -0.2) is 47.2 Å². The third-order valence-electron chi connectivity index (χ3n) is 2.57. The lowest BCUT2D eigenvalue weighted by molar-refractivity contribution is -0.121. The van der Waals surface area contributed by atoms with E-state index in [1.165, 1.54) is 11.8 Å². The van der Waals surface area contributed by atoms with E-state index in [4.69, 9.17) is 4.42 Å². The molecule has 2 amide bonds. The molecule has 104 valence electrons. The molecule has 5 nitrogen and oxygen atoms in total. The van der Waals surface area contributed by atoms with Gasteiger partial charge in [0.2, 0.25) is 5.91 Å². The maximum atomic E-state index is 11.6. The summed E-state index contributed by atoms with van der Waals surface area (Å²) in [6.07, 6.45) is 1.66. The van der Waals surface area contributed by atoms with Crippen molar-refractivity contribution in [2.24, 2.45) is 0 Å². The number of hydrogen-bond acceptors (Lipinski definition) is 5. The molecule has 0 spiro atoms. The fourth-order valence-corrected chi connectivity index (χ4v) is 3.21. The second-order valence-electron chi connectivity index (χ2n) is 4.02. The van der Waals surface area contributed by atoms with E-state index in [1.54, 1.807) is 22.9 Å². The Morgan fingerprint density at radius 1 is 1.58 bits per heavy atom. The zero-order chi connectivity index (χ0) is 13.5. The predicted molar refractivity (Wildman–Crippen MR) is 77.3 cm³/mol. The van der Waals surface area contributed by atoms with Gasteiger partial charge in [0.15, 0.2) is 0 Å². The second kappa shape index (κ2) is 7.49. The summed E-state index contributed by atoms with van der Waals surface area (Å²) in [5, 5.41) is 2.82. The summed E-state index contributed by atoms with van der Waals surface area (Å²) in [7, 11) is 0. The van der Waals surface area contributed by atoms with E-state index in [0.29, 0.717) is 13.1 Å². The molecule has 7 heteroatoms. The van der Waals surface area contributed by atoms with Crippen LogP contribution in [-0.2, 0) is 10.5 Å². The van der Waals surface area contributed by atoms with Gasteiger partial charge in [0.1, 0.15) is 12.3 Å². The van der Waals surface area contributed by atoms with E-state index in [1.807, 2.05) is 12.1 Å². The minimum atomic E-state index is -0.0885. The van der Waals surface area contributed by atoms with Gasteiger partial charge in [-0.1, -0.05) is 11.8 Å². The van der Waals surface area contributed by atoms with Crippen LogP contribution in [0.2, 0.25) is 0 Å². The quantitative estimate of drug-likeness (QED) is 0.778. The van der Waals surface area contributed by atoms with E-state index in [-0.39, 0.29) is 17.7 Å². The fourth-order valence-electron chi connectivity index (χ4n) is 1.63. The Balaban J connectivity index is 1.53. The lowest BCUT2D eigenvalue weighted by atomic mass is 10.5. The Labute approximate surface area is 120 Å². The van der Waals surface area contributed by atoms with Crippen LogP contribution in [0.5, 0.6) is 0 Å². The summed E-state index contributed by atoms with van der Waals surface area (Å²) < 4.78 is 5.21. The van der Waals surface area contributed by atoms with Gasteiger partial charge >= 0.3 is 0 Å². The van der Waals surface area contributed by atoms with Gasteiger partial charge in [-0.3, -0.25) is 9.59 Å². The van der Waals surface area contributed by atoms with Crippen molar-refractivity contribution in [2.45, 2.75) is 5.75 Å². The average Bonchev–Trinajstić information content (AvgIpc) is 3.02. The van der Waals surface area contributed by atoms with Gasteiger partial charge in [-0.05, 0) is 12.1 Å². The maximum Gasteiger partial charge on any atom is 0.282 e. The van der Waals surface area contributed by atoms with Crippen molar-refractivity contribution in [3.8, 4) is 0 Å². The number of furan rings is 1. The van der Waals surface area contributed by atoms with Gasteiger partial charge < -0.3 is 14.6 Å². The zero-order valence-corrected chi connectivity index (χ0v) is 12.1. The summed E-state index contributed by atoms with van der Waals surface area (Å²) in [4.78, 5) is 24.5. The molecule has 1 N–H and O–H groups in total. The average molecular weight is 300 g/mol. The van der Waals surface area contributed by atoms with Crippen LogP contribution in [0, 0.1) is 0 Å². The molecule has 0 atom stereocenters. The lowest BCUT2D eigenvalue weighted by Gasteiger charge is -2.13. The summed E-state index contributed by atoms with van der Waals surface area (Å²) in [6, 6.07) is 3.80. The van der Waals surface area contributed by atoms with Crippen molar-refractivity contribution < 1.29 is 14.0 Å². The van der Waals surface area contributed by atoms with Crippen LogP contribution in [0.15, 0.2) is 22.8 Å². The normalized spacial score (nSPS) is 14.9. The fraction of sp³-hybridized carbons (Fsp3) is 0.500. The molecule has 0 saturated carbocycles. The maximum absolute atomic E-state index is 11.6. The summed E-state index contributed by atoms with van der Waals surface area (Å²) in [5.74, 6) is 3.27. The number of carbonyl (C=O) groups excluding carboxylic acids is 2. The number of nitrogens with zero attached hydrogens (tertiary/aromatic N) is 1. The first-order chi connectivity index (χ1) is 9.25. The Bertz CT molecular complexity index is 423. The summed E-state index contributed by atoms with van der Waals surface area (Å²) in [5.41, 5.74) is 0. The predicted octanol–water partition coefficient (Wildman–Crippen LogP) is 1.80. The number of thioether (sulfide) groups is 2. The van der Waals surface area contributed by atoms with Gasteiger partial charge in [-0.25, -0.2) is 0 Å². The molecule has 0 aromatic carbocycles. The molecule has 2 rings (SSSR count). The Hall–Kier alpha value is -1.08. The molecule has 0 aliphatic carbocycles. The van der Waals surface area contributed by atoms with Crippen molar-refractivity contribution in [3.63, 3.8) is 0 Å². The van der Waals surface area contributed by atoms with E-state index in [9.17, 15) is 9.59 Å². The van der Waals surface area contributed by atoms with Crippen molar-refractivity contribution in [2.75, 3.05) is 31.1 Å². The molecule has 1 saturated heterocycles. The molecule has 19 heavy (non-hydrogen) atoms. The van der Waals surface area contributed by atoms with Crippen LogP contribution >= 0.6 is 23.5 Å². The Kier molecular flexibility index (Phi) is 5.65. The molecular formula is C12H16N2O3S2. The minimum absolute atomic E-state index is 0.00217. The first-order valence-electron chi connectivity index (χ1n) is 6.04. The lowest BCUT2D eigenvalue weighted by Crippen LogP contribution is -2.38. The molecule has 1 fully saturated rings. The molecule has 0 radical (unpaired) electrons. The van der Waals surface area contributed by atoms with E-state index >= 15 is 0 Å². The highest BCUT2D eigenvalue weighted by molar-refractivity contribution is 8.13. The highest BCUT2D eigenvalue weighted by Gasteiger charge is 2.22. The molecule has 1 aromatic heterocycles. The minimum Gasteiger partial charge on any atom is -0.468 e. The van der Waals surface area contributed by atoms with Crippen LogP contribution in [0.1, 0.15) is 5.76 Å². The molecule has 2 heterocycles. The monoisotopic (exact) mass is 300 g/mol. The zero-order valence-electron chi connectivity index (χ0n) is 10.5. The van der Waals surface area contributed by atoms with E-state index in [0.717, 1.165) is 23.0 Å². The van der Waals surface area contributed by atoms with Gasteiger partial charge in [-0.15, -0.1) is 0 Å². The third kappa shape index (κ3) is 4.83. The standard InChI is InChI=1S/C12H16N2O3S2/c15-11(8-14-4-7-19-12(14)16)13-3-6-18-9-10-2-1-5-17-10/h1-2,5H,3-4,6-9H2,(H,13,15). The molecular weight excluding hydrogens is 284 g/mol. The van der Waals surface area contributed by atoms with Crippen LogP contribution in [0.4, 0.5) is 4.79 Å². The number of rotatable bonds is 7. The van der Waals surface area contributed by atoms with Crippen LogP contribution < -0.4 is 5.32 Å². The van der Waals surface area contributed by atoms with E-state index < -0.39 is 0 Å². The first kappa shape index (κ1) is 14.3. The van der Waals surface area contributed by atoms with Crippen molar-refractivity contribution in [1.29, 1.82) is 0 Å². The van der Waals surface area contributed by atoms with Crippen LogP contribution in [0.25, 0.3) is 0 Å². The van der Waals surface area contributed by atoms with Gasteiger partial charge in [0.05, 0.1) is 12.0 Å². The first-order valence-corrected chi connectivity index (χ1v) is 8.18. The molecule has 1 aliphatic rings. The largest absolute Gasteiger partial charge is 0.468 e. The topological polar surface area (TPSA) is 62.6 Å². The molecule has 0 bridgehead atoms. The number of nitrogens with one attached hydrogen (secondary N) is 1. The van der Waals surface area contributed by atoms with Crippen molar-refractivity contribution >= 4 is 34.7 Å².